The minimum absolute atomic E-state index is 1.05. The van der Waals surface area contributed by atoms with E-state index < -0.39 is 0 Å². The zero-order valence-corrected chi connectivity index (χ0v) is 6.38. The Hall–Kier alpha value is -0.760. The smallest absolute Gasteiger partial charge is 0.0183 e. The van der Waals surface area contributed by atoms with Crippen molar-refractivity contribution in [1.82, 2.24) is 10.2 Å². The second-order valence-corrected chi connectivity index (χ2v) is 2.32. The first-order chi connectivity index (χ1) is 4.93. The second kappa shape index (κ2) is 4.12. The average molecular weight is 138 g/mol. The number of likely N-dealkylation sites (N-methyl/N-ethyl adjacent to an activating group) is 1. The van der Waals surface area contributed by atoms with Crippen molar-refractivity contribution in [2.24, 2.45) is 0 Å². The lowest BCUT2D eigenvalue weighted by molar-refractivity contribution is 0.352. The molecule has 1 aliphatic heterocycles. The monoisotopic (exact) mass is 138 g/mol. The second-order valence-electron chi connectivity index (χ2n) is 2.32. The maximum absolute atomic E-state index is 3.04. The number of nitrogens with zero attached hydrogens (tertiary/aromatic N) is 1. The molecule has 0 atom stereocenters. The van der Waals surface area contributed by atoms with Gasteiger partial charge in [-0.05, 0) is 18.9 Å². The van der Waals surface area contributed by atoms with Crippen molar-refractivity contribution in [3.05, 3.63) is 24.6 Å². The molecular formula is C8H14N2. The van der Waals surface area contributed by atoms with Crippen LogP contribution >= 0.6 is 0 Å². The van der Waals surface area contributed by atoms with Gasteiger partial charge in [-0.3, -0.25) is 4.90 Å². The van der Waals surface area contributed by atoms with E-state index >= 15 is 0 Å². The van der Waals surface area contributed by atoms with Crippen LogP contribution in [-0.4, -0.2) is 24.5 Å². The quantitative estimate of drug-likeness (QED) is 0.580. The zero-order chi connectivity index (χ0) is 7.23. The predicted octanol–water partition coefficient (Wildman–Crippen LogP) is 0.939. The first-order valence-corrected chi connectivity index (χ1v) is 3.72. The van der Waals surface area contributed by atoms with Crippen LogP contribution in [0.4, 0.5) is 0 Å². The molecule has 0 bridgehead atoms. The van der Waals surface area contributed by atoms with E-state index in [1.165, 1.54) is 0 Å². The fourth-order valence-corrected chi connectivity index (χ4v) is 0.928. The van der Waals surface area contributed by atoms with Crippen LogP contribution in [0.2, 0.25) is 0 Å². The largest absolute Gasteiger partial charge is 0.368 e. The lowest BCUT2D eigenvalue weighted by Gasteiger charge is -2.16. The molecule has 0 radical (unpaired) electrons. The zero-order valence-electron chi connectivity index (χ0n) is 6.38. The van der Waals surface area contributed by atoms with Crippen LogP contribution in [0.25, 0.3) is 0 Å². The molecule has 56 valence electrons. The van der Waals surface area contributed by atoms with Gasteiger partial charge in [-0.25, -0.2) is 0 Å². The maximum Gasteiger partial charge on any atom is 0.0183 e. The molecule has 0 saturated heterocycles. The molecule has 0 saturated carbocycles. The van der Waals surface area contributed by atoms with Crippen LogP contribution < -0.4 is 5.32 Å². The Morgan fingerprint density at radius 2 is 1.90 bits per heavy atom. The van der Waals surface area contributed by atoms with Crippen LogP contribution in [0.15, 0.2) is 24.6 Å². The molecule has 1 aliphatic rings. The van der Waals surface area contributed by atoms with Gasteiger partial charge < -0.3 is 5.32 Å². The summed E-state index contributed by atoms with van der Waals surface area (Å²) in [4.78, 5) is 2.36. The third-order valence-corrected chi connectivity index (χ3v) is 1.60. The van der Waals surface area contributed by atoms with E-state index in [9.17, 15) is 0 Å². The molecule has 0 aromatic heterocycles. The fraction of sp³-hybridized carbons (Fsp3) is 0.500. The van der Waals surface area contributed by atoms with Crippen molar-refractivity contribution in [2.45, 2.75) is 6.92 Å². The highest BCUT2D eigenvalue weighted by molar-refractivity contribution is 4.94. The highest BCUT2D eigenvalue weighted by Gasteiger charge is 1.95. The number of hydrogen-bond donors (Lipinski definition) is 1. The third-order valence-electron chi connectivity index (χ3n) is 1.60. The highest BCUT2D eigenvalue weighted by Crippen LogP contribution is 1.90. The summed E-state index contributed by atoms with van der Waals surface area (Å²) in [6, 6.07) is 0. The molecule has 2 nitrogen and oxygen atoms in total. The molecular weight excluding hydrogens is 124 g/mol. The maximum atomic E-state index is 3.04. The van der Waals surface area contributed by atoms with E-state index in [-0.39, 0.29) is 0 Å². The normalized spacial score (nSPS) is 22.9. The Labute approximate surface area is 62.2 Å². The molecule has 10 heavy (non-hydrogen) atoms. The van der Waals surface area contributed by atoms with E-state index in [0.29, 0.717) is 0 Å². The SMILES string of the molecule is CCN1CC=CN/C=C\C1. The van der Waals surface area contributed by atoms with Gasteiger partial charge in [0.2, 0.25) is 0 Å². The van der Waals surface area contributed by atoms with Crippen LogP contribution in [-0.2, 0) is 0 Å². The summed E-state index contributed by atoms with van der Waals surface area (Å²) in [7, 11) is 0. The van der Waals surface area contributed by atoms with E-state index in [0.717, 1.165) is 19.6 Å². The molecule has 1 N–H and O–H groups in total. The summed E-state index contributed by atoms with van der Waals surface area (Å²) in [5.41, 5.74) is 0. The van der Waals surface area contributed by atoms with E-state index in [1.54, 1.807) is 0 Å². The minimum atomic E-state index is 1.05. The summed E-state index contributed by atoms with van der Waals surface area (Å²) in [6.07, 6.45) is 8.20. The first-order valence-electron chi connectivity index (χ1n) is 3.72. The summed E-state index contributed by atoms with van der Waals surface area (Å²) in [5, 5.41) is 3.04. The minimum Gasteiger partial charge on any atom is -0.368 e. The van der Waals surface area contributed by atoms with E-state index in [1.807, 2.05) is 12.4 Å². The van der Waals surface area contributed by atoms with Crippen molar-refractivity contribution in [2.75, 3.05) is 19.6 Å². The highest BCUT2D eigenvalue weighted by atomic mass is 15.1. The van der Waals surface area contributed by atoms with E-state index in [4.69, 9.17) is 0 Å². The van der Waals surface area contributed by atoms with Crippen molar-refractivity contribution >= 4 is 0 Å². The van der Waals surface area contributed by atoms with Gasteiger partial charge in [-0.15, -0.1) is 0 Å². The summed E-state index contributed by atoms with van der Waals surface area (Å²) in [5.74, 6) is 0. The third kappa shape index (κ3) is 2.23. The van der Waals surface area contributed by atoms with Crippen molar-refractivity contribution in [1.29, 1.82) is 0 Å². The number of rotatable bonds is 1. The predicted molar refractivity (Wildman–Crippen MR) is 43.5 cm³/mol. The molecule has 0 spiro atoms. The molecule has 1 heterocycles. The standard InChI is InChI=1S/C8H14N2/c1-2-10-7-3-5-9-6-4-8-10/h3-6,9H,2,7-8H2,1H3/b5-3-,6-4?. The molecule has 0 aromatic rings. The summed E-state index contributed by atoms with van der Waals surface area (Å²) < 4.78 is 0. The number of nitrogens with one attached hydrogen (secondary N) is 1. The van der Waals surface area contributed by atoms with Gasteiger partial charge in [0.05, 0.1) is 0 Å². The Morgan fingerprint density at radius 1 is 1.30 bits per heavy atom. The summed E-state index contributed by atoms with van der Waals surface area (Å²) in [6.45, 7) is 5.40. The van der Waals surface area contributed by atoms with Gasteiger partial charge in [-0.2, -0.15) is 0 Å². The van der Waals surface area contributed by atoms with Gasteiger partial charge in [0, 0.05) is 13.1 Å². The van der Waals surface area contributed by atoms with Gasteiger partial charge in [-0.1, -0.05) is 19.1 Å². The molecule has 1 rings (SSSR count). The van der Waals surface area contributed by atoms with Gasteiger partial charge >= 0.3 is 0 Å². The molecule has 0 aliphatic carbocycles. The molecule has 0 unspecified atom stereocenters. The van der Waals surface area contributed by atoms with Crippen molar-refractivity contribution < 1.29 is 0 Å². The first kappa shape index (κ1) is 7.35. The Balaban J connectivity index is 2.39. The van der Waals surface area contributed by atoms with Crippen LogP contribution in [0, 0.1) is 0 Å². The Bertz CT molecular complexity index is 124. The van der Waals surface area contributed by atoms with Crippen LogP contribution in [0.1, 0.15) is 6.92 Å². The average Bonchev–Trinajstić information content (AvgIpc) is 1.87. The van der Waals surface area contributed by atoms with Gasteiger partial charge in [0.25, 0.3) is 0 Å². The lowest BCUT2D eigenvalue weighted by atomic mass is 10.4. The van der Waals surface area contributed by atoms with Crippen LogP contribution in [0.3, 0.4) is 0 Å². The topological polar surface area (TPSA) is 15.3 Å². The number of hydrogen-bond acceptors (Lipinski definition) is 2. The molecule has 0 fully saturated rings. The van der Waals surface area contributed by atoms with Crippen molar-refractivity contribution in [3.63, 3.8) is 0 Å². The lowest BCUT2D eigenvalue weighted by Crippen LogP contribution is -2.24. The molecule has 0 amide bonds. The van der Waals surface area contributed by atoms with Crippen molar-refractivity contribution in [3.8, 4) is 0 Å². The Kier molecular flexibility index (Phi) is 3.03. The van der Waals surface area contributed by atoms with E-state index in [2.05, 4.69) is 29.3 Å². The fourth-order valence-electron chi connectivity index (χ4n) is 0.928. The van der Waals surface area contributed by atoms with Gasteiger partial charge in [0.15, 0.2) is 0 Å². The summed E-state index contributed by atoms with van der Waals surface area (Å²) >= 11 is 0. The molecule has 0 aromatic carbocycles. The van der Waals surface area contributed by atoms with Crippen LogP contribution in [0.5, 0.6) is 0 Å². The molecule has 2 heteroatoms. The Morgan fingerprint density at radius 3 is 2.40 bits per heavy atom. The van der Waals surface area contributed by atoms with Gasteiger partial charge in [0.1, 0.15) is 0 Å².